The molecule has 1 heterocycles. The van der Waals surface area contributed by atoms with E-state index in [4.69, 9.17) is 9.47 Å². The molecule has 17 heavy (non-hydrogen) atoms. The Hall–Kier alpha value is -0.100. The van der Waals surface area contributed by atoms with Gasteiger partial charge in [0.2, 0.25) is 0 Å². The summed E-state index contributed by atoms with van der Waals surface area (Å²) in [6.07, 6.45) is 1.16. The van der Waals surface area contributed by atoms with Gasteiger partial charge in [0.15, 0.2) is 0 Å². The molecule has 1 aliphatic heterocycles. The number of nitrogens with one attached hydrogen (secondary N) is 1. The fraction of sp³-hybridized carbons (Fsp3) is 0.500. The van der Waals surface area contributed by atoms with Crippen molar-refractivity contribution in [3.05, 3.63) is 26.6 Å². The van der Waals surface area contributed by atoms with Crippen LogP contribution in [-0.4, -0.2) is 26.0 Å². The van der Waals surface area contributed by atoms with Crippen LogP contribution in [0.5, 0.6) is 0 Å². The van der Waals surface area contributed by atoms with Crippen LogP contribution in [0.2, 0.25) is 0 Å². The highest BCUT2D eigenvalue weighted by Crippen LogP contribution is 2.32. The second kappa shape index (κ2) is 6.18. The average Bonchev–Trinajstić information content (AvgIpc) is 2.29. The monoisotopic (exact) mass is 363 g/mol. The Balaban J connectivity index is 1.98. The van der Waals surface area contributed by atoms with Gasteiger partial charge in [-0.1, -0.05) is 0 Å². The highest BCUT2D eigenvalue weighted by atomic mass is 79.9. The minimum Gasteiger partial charge on any atom is -0.381 e. The van der Waals surface area contributed by atoms with E-state index in [-0.39, 0.29) is 6.10 Å². The largest absolute Gasteiger partial charge is 0.381 e. The lowest BCUT2D eigenvalue weighted by Gasteiger charge is -2.24. The zero-order chi connectivity index (χ0) is 12.3. The fourth-order valence-corrected chi connectivity index (χ4v) is 3.44. The molecule has 1 aromatic carbocycles. The maximum atomic E-state index is 5.49. The Morgan fingerprint density at radius 2 is 2.06 bits per heavy atom. The summed E-state index contributed by atoms with van der Waals surface area (Å²) in [4.78, 5) is 0. The van der Waals surface area contributed by atoms with E-state index in [9.17, 15) is 0 Å². The second-order valence-corrected chi connectivity index (χ2v) is 5.80. The van der Waals surface area contributed by atoms with Crippen LogP contribution < -0.4 is 5.32 Å². The van der Waals surface area contributed by atoms with Crippen molar-refractivity contribution >= 4 is 37.5 Å². The average molecular weight is 365 g/mol. The number of anilines is 1. The zero-order valence-corrected chi connectivity index (χ0v) is 12.8. The lowest BCUT2D eigenvalue weighted by Crippen LogP contribution is -2.30. The van der Waals surface area contributed by atoms with E-state index in [1.54, 1.807) is 0 Å². The van der Waals surface area contributed by atoms with Gasteiger partial charge < -0.3 is 14.8 Å². The lowest BCUT2D eigenvalue weighted by molar-refractivity contribution is -0.133. The number of hydrogen-bond acceptors (Lipinski definition) is 3. The normalized spacial score (nSPS) is 20.3. The molecule has 1 saturated heterocycles. The summed E-state index contributed by atoms with van der Waals surface area (Å²) in [5.74, 6) is 0. The minimum atomic E-state index is 0.226. The van der Waals surface area contributed by atoms with Gasteiger partial charge in [-0.05, 0) is 62.9 Å². The molecule has 1 N–H and O–H groups in total. The van der Waals surface area contributed by atoms with Crippen LogP contribution in [-0.2, 0) is 9.47 Å². The minimum absolute atomic E-state index is 0.226. The maximum Gasteiger partial charge on any atom is 0.147 e. The molecular weight excluding hydrogens is 350 g/mol. The zero-order valence-electron chi connectivity index (χ0n) is 9.63. The number of hydrogen-bond donors (Lipinski definition) is 1. The molecule has 94 valence electrons. The number of benzene rings is 1. The van der Waals surface area contributed by atoms with E-state index in [1.807, 2.05) is 0 Å². The molecule has 0 aliphatic carbocycles. The summed E-state index contributed by atoms with van der Waals surface area (Å²) >= 11 is 7.13. The van der Waals surface area contributed by atoms with Gasteiger partial charge in [0.05, 0.1) is 18.4 Å². The van der Waals surface area contributed by atoms with Crippen LogP contribution in [0.1, 0.15) is 12.0 Å². The molecule has 1 aliphatic rings. The Labute approximate surface area is 118 Å². The second-order valence-electron chi connectivity index (χ2n) is 4.09. The molecule has 3 nitrogen and oxygen atoms in total. The predicted octanol–water partition coefficient (Wildman–Crippen LogP) is 3.69. The topological polar surface area (TPSA) is 30.5 Å². The predicted molar refractivity (Wildman–Crippen MR) is 75.4 cm³/mol. The Bertz CT molecular complexity index is 369. The molecule has 1 unspecified atom stereocenters. The van der Waals surface area contributed by atoms with Crippen molar-refractivity contribution in [2.75, 3.05) is 25.3 Å². The molecule has 0 radical (unpaired) electrons. The first-order chi connectivity index (χ1) is 8.16. The van der Waals surface area contributed by atoms with Crippen molar-refractivity contribution in [3.63, 3.8) is 0 Å². The van der Waals surface area contributed by atoms with Crippen LogP contribution in [0.3, 0.4) is 0 Å². The summed E-state index contributed by atoms with van der Waals surface area (Å²) < 4.78 is 12.8. The SMILES string of the molecule is Cc1cc(Br)c(NCC2CCOCO2)c(Br)c1. The van der Waals surface area contributed by atoms with Gasteiger partial charge in [-0.15, -0.1) is 0 Å². The summed E-state index contributed by atoms with van der Waals surface area (Å²) in [6.45, 7) is 4.05. The third-order valence-electron chi connectivity index (χ3n) is 2.66. The van der Waals surface area contributed by atoms with E-state index >= 15 is 0 Å². The van der Waals surface area contributed by atoms with Gasteiger partial charge in [-0.2, -0.15) is 0 Å². The van der Waals surface area contributed by atoms with Gasteiger partial charge >= 0.3 is 0 Å². The van der Waals surface area contributed by atoms with Gasteiger partial charge in [0.1, 0.15) is 6.79 Å². The smallest absolute Gasteiger partial charge is 0.147 e. The van der Waals surface area contributed by atoms with Crippen LogP contribution in [0.15, 0.2) is 21.1 Å². The molecule has 1 atom stereocenters. The van der Waals surface area contributed by atoms with Gasteiger partial charge in [-0.25, -0.2) is 0 Å². The molecule has 0 spiro atoms. The first kappa shape index (κ1) is 13.3. The number of rotatable bonds is 3. The number of aryl methyl sites for hydroxylation is 1. The van der Waals surface area contributed by atoms with Crippen molar-refractivity contribution < 1.29 is 9.47 Å². The Morgan fingerprint density at radius 3 is 2.65 bits per heavy atom. The molecule has 0 amide bonds. The van der Waals surface area contributed by atoms with E-state index in [0.29, 0.717) is 6.79 Å². The Kier molecular flexibility index (Phi) is 4.85. The highest BCUT2D eigenvalue weighted by Gasteiger charge is 2.15. The number of ether oxygens (including phenoxy) is 2. The van der Waals surface area contributed by atoms with E-state index < -0.39 is 0 Å². The maximum absolute atomic E-state index is 5.49. The van der Waals surface area contributed by atoms with Crippen LogP contribution in [0.4, 0.5) is 5.69 Å². The molecule has 0 saturated carbocycles. The Morgan fingerprint density at radius 1 is 1.35 bits per heavy atom. The van der Waals surface area contributed by atoms with Gasteiger partial charge in [0, 0.05) is 15.5 Å². The molecule has 2 rings (SSSR count). The lowest BCUT2D eigenvalue weighted by atomic mass is 10.2. The first-order valence-electron chi connectivity index (χ1n) is 5.55. The van der Waals surface area contributed by atoms with Crippen LogP contribution in [0.25, 0.3) is 0 Å². The first-order valence-corrected chi connectivity index (χ1v) is 7.14. The van der Waals surface area contributed by atoms with Crippen molar-refractivity contribution in [2.24, 2.45) is 0 Å². The highest BCUT2D eigenvalue weighted by molar-refractivity contribution is 9.11. The van der Waals surface area contributed by atoms with Crippen LogP contribution >= 0.6 is 31.9 Å². The quantitative estimate of drug-likeness (QED) is 0.887. The van der Waals surface area contributed by atoms with Gasteiger partial charge in [0.25, 0.3) is 0 Å². The molecule has 5 heteroatoms. The van der Waals surface area contributed by atoms with Crippen molar-refractivity contribution in [1.29, 1.82) is 0 Å². The van der Waals surface area contributed by atoms with E-state index in [2.05, 4.69) is 56.2 Å². The van der Waals surface area contributed by atoms with Crippen molar-refractivity contribution in [2.45, 2.75) is 19.4 Å². The summed E-state index contributed by atoms with van der Waals surface area (Å²) in [5, 5.41) is 3.40. The summed E-state index contributed by atoms with van der Waals surface area (Å²) in [6, 6.07) is 4.19. The summed E-state index contributed by atoms with van der Waals surface area (Å²) in [5.41, 5.74) is 2.29. The van der Waals surface area contributed by atoms with Crippen molar-refractivity contribution in [1.82, 2.24) is 0 Å². The van der Waals surface area contributed by atoms with Crippen molar-refractivity contribution in [3.8, 4) is 0 Å². The molecule has 1 fully saturated rings. The van der Waals surface area contributed by atoms with Gasteiger partial charge in [-0.3, -0.25) is 0 Å². The molecular formula is C12H15Br2NO2. The molecule has 0 bridgehead atoms. The fourth-order valence-electron chi connectivity index (χ4n) is 1.75. The molecule has 0 aromatic heterocycles. The number of halogens is 2. The third kappa shape index (κ3) is 3.68. The summed E-state index contributed by atoms with van der Waals surface area (Å²) in [7, 11) is 0. The van der Waals surface area contributed by atoms with E-state index in [1.165, 1.54) is 5.56 Å². The molecule has 1 aromatic rings. The van der Waals surface area contributed by atoms with E-state index in [0.717, 1.165) is 34.2 Å². The third-order valence-corrected chi connectivity index (χ3v) is 3.92. The van der Waals surface area contributed by atoms with Crippen LogP contribution in [0, 0.1) is 6.92 Å². The standard InChI is InChI=1S/C12H15Br2NO2/c1-8-4-10(13)12(11(14)5-8)15-6-9-2-3-16-7-17-9/h4-5,9,15H,2-3,6-7H2,1H3.